The predicted octanol–water partition coefficient (Wildman–Crippen LogP) is 3.49. The number of hydrogen-bond donors (Lipinski definition) is 0. The van der Waals surface area contributed by atoms with Crippen LogP contribution in [0.25, 0.3) is 0 Å². The van der Waals surface area contributed by atoms with Crippen molar-refractivity contribution in [3.8, 4) is 6.07 Å². The van der Waals surface area contributed by atoms with Gasteiger partial charge < -0.3 is 0 Å². The lowest BCUT2D eigenvalue weighted by Gasteiger charge is -2.05. The van der Waals surface area contributed by atoms with E-state index in [4.69, 9.17) is 16.9 Å². The third-order valence-electron chi connectivity index (χ3n) is 2.33. The summed E-state index contributed by atoms with van der Waals surface area (Å²) in [7, 11) is 0. The fraction of sp³-hybridized carbons (Fsp3) is 0.636. The van der Waals surface area contributed by atoms with Gasteiger partial charge in [0, 0.05) is 12.4 Å². The van der Waals surface area contributed by atoms with Crippen molar-refractivity contribution >= 4 is 27.5 Å². The van der Waals surface area contributed by atoms with Crippen molar-refractivity contribution in [3.05, 3.63) is 15.9 Å². The van der Waals surface area contributed by atoms with E-state index in [0.29, 0.717) is 11.6 Å². The van der Waals surface area contributed by atoms with Gasteiger partial charge in [0.25, 0.3) is 0 Å². The lowest BCUT2D eigenvalue weighted by atomic mass is 10.2. The highest BCUT2D eigenvalue weighted by Gasteiger charge is 2.14. The normalized spacial score (nSPS) is 10.4. The predicted molar refractivity (Wildman–Crippen MR) is 68.6 cm³/mol. The first-order valence-corrected chi connectivity index (χ1v) is 6.78. The molecular weight excluding hydrogens is 289 g/mol. The number of unbranched alkanes of at least 4 members (excludes halogenated alkanes) is 1. The fourth-order valence-corrected chi connectivity index (χ4v) is 2.33. The van der Waals surface area contributed by atoms with Gasteiger partial charge in [-0.2, -0.15) is 10.4 Å². The van der Waals surface area contributed by atoms with Gasteiger partial charge in [0.05, 0.1) is 10.2 Å². The molecule has 0 saturated carbocycles. The van der Waals surface area contributed by atoms with E-state index in [1.165, 1.54) is 0 Å². The van der Waals surface area contributed by atoms with Crippen LogP contribution in [0.2, 0.25) is 0 Å². The Morgan fingerprint density at radius 2 is 2.25 bits per heavy atom. The zero-order valence-electron chi connectivity index (χ0n) is 9.34. The van der Waals surface area contributed by atoms with Gasteiger partial charge in [-0.3, -0.25) is 4.68 Å². The monoisotopic (exact) mass is 303 g/mol. The molecule has 1 rings (SSSR count). The van der Waals surface area contributed by atoms with E-state index in [9.17, 15) is 0 Å². The molecule has 88 valence electrons. The van der Waals surface area contributed by atoms with Crippen LogP contribution < -0.4 is 0 Å². The van der Waals surface area contributed by atoms with Gasteiger partial charge in [0.2, 0.25) is 0 Å². The largest absolute Gasteiger partial charge is 0.267 e. The number of aryl methyl sites for hydroxylation is 1. The molecule has 0 aliphatic heterocycles. The standard InChI is InChI=1S/C11H15BrClN3/c1-2-7-16-10(5-3-4-6-13)11(12)9(8-14)15-16/h2-7H2,1H3. The van der Waals surface area contributed by atoms with Gasteiger partial charge in [-0.15, -0.1) is 11.6 Å². The Kier molecular flexibility index (Phi) is 5.86. The lowest BCUT2D eigenvalue weighted by Crippen LogP contribution is -2.05. The van der Waals surface area contributed by atoms with Crippen molar-refractivity contribution in [1.82, 2.24) is 9.78 Å². The third-order valence-corrected chi connectivity index (χ3v) is 3.43. The zero-order chi connectivity index (χ0) is 12.0. The van der Waals surface area contributed by atoms with Crippen molar-refractivity contribution in [2.75, 3.05) is 5.88 Å². The van der Waals surface area contributed by atoms with Crippen LogP contribution in [-0.4, -0.2) is 15.7 Å². The summed E-state index contributed by atoms with van der Waals surface area (Å²) < 4.78 is 2.77. The first-order chi connectivity index (χ1) is 7.74. The maximum absolute atomic E-state index is 8.92. The van der Waals surface area contributed by atoms with Gasteiger partial charge >= 0.3 is 0 Å². The van der Waals surface area contributed by atoms with Crippen molar-refractivity contribution in [3.63, 3.8) is 0 Å². The summed E-state index contributed by atoms with van der Waals surface area (Å²) in [5, 5.41) is 13.2. The summed E-state index contributed by atoms with van der Waals surface area (Å²) in [6.45, 7) is 2.96. The number of aromatic nitrogens is 2. The Morgan fingerprint density at radius 3 is 2.81 bits per heavy atom. The van der Waals surface area contributed by atoms with Crippen molar-refractivity contribution < 1.29 is 0 Å². The van der Waals surface area contributed by atoms with E-state index in [0.717, 1.165) is 42.4 Å². The zero-order valence-corrected chi connectivity index (χ0v) is 11.7. The second-order valence-electron chi connectivity index (χ2n) is 3.59. The number of nitriles is 1. The summed E-state index contributed by atoms with van der Waals surface area (Å²) in [6.07, 6.45) is 3.96. The molecule has 0 amide bonds. The van der Waals surface area contributed by atoms with Crippen molar-refractivity contribution in [1.29, 1.82) is 5.26 Å². The van der Waals surface area contributed by atoms with Crippen LogP contribution in [0.3, 0.4) is 0 Å². The van der Waals surface area contributed by atoms with Gasteiger partial charge in [0.15, 0.2) is 5.69 Å². The highest BCUT2D eigenvalue weighted by Crippen LogP contribution is 2.23. The number of rotatable bonds is 6. The molecule has 0 atom stereocenters. The van der Waals surface area contributed by atoms with Crippen LogP contribution >= 0.6 is 27.5 Å². The average Bonchev–Trinajstić information content (AvgIpc) is 2.58. The quantitative estimate of drug-likeness (QED) is 0.596. The van der Waals surface area contributed by atoms with Gasteiger partial charge in [-0.25, -0.2) is 0 Å². The second-order valence-corrected chi connectivity index (χ2v) is 4.76. The minimum absolute atomic E-state index is 0.481. The van der Waals surface area contributed by atoms with E-state index in [-0.39, 0.29) is 0 Å². The molecule has 0 N–H and O–H groups in total. The molecule has 0 saturated heterocycles. The minimum atomic E-state index is 0.481. The van der Waals surface area contributed by atoms with E-state index in [2.05, 4.69) is 34.0 Å². The molecule has 0 aliphatic rings. The first-order valence-electron chi connectivity index (χ1n) is 5.45. The highest BCUT2D eigenvalue weighted by molar-refractivity contribution is 9.10. The SMILES string of the molecule is CCCn1nc(C#N)c(Br)c1CCCCCl. The molecule has 0 aliphatic carbocycles. The molecular formula is C11H15BrClN3. The Balaban J connectivity index is 2.85. The van der Waals surface area contributed by atoms with E-state index >= 15 is 0 Å². The summed E-state index contributed by atoms with van der Waals surface area (Å²) in [6, 6.07) is 2.10. The van der Waals surface area contributed by atoms with Crippen LogP contribution in [0.15, 0.2) is 4.47 Å². The molecule has 16 heavy (non-hydrogen) atoms. The number of halogens is 2. The van der Waals surface area contributed by atoms with E-state index < -0.39 is 0 Å². The maximum Gasteiger partial charge on any atom is 0.176 e. The number of nitrogens with zero attached hydrogens (tertiary/aromatic N) is 3. The maximum atomic E-state index is 8.92. The van der Waals surface area contributed by atoms with E-state index in [1.807, 2.05) is 4.68 Å². The lowest BCUT2D eigenvalue weighted by molar-refractivity contribution is 0.564. The van der Waals surface area contributed by atoms with Gasteiger partial charge in [0.1, 0.15) is 6.07 Å². The molecule has 0 radical (unpaired) electrons. The van der Waals surface area contributed by atoms with Crippen LogP contribution in [-0.2, 0) is 13.0 Å². The smallest absolute Gasteiger partial charge is 0.176 e. The Labute approximate surface area is 110 Å². The fourth-order valence-electron chi connectivity index (χ4n) is 1.57. The Bertz CT molecular complexity index is 381. The molecule has 0 bridgehead atoms. The topological polar surface area (TPSA) is 41.6 Å². The average molecular weight is 305 g/mol. The molecule has 0 fully saturated rings. The minimum Gasteiger partial charge on any atom is -0.267 e. The van der Waals surface area contributed by atoms with Crippen molar-refractivity contribution in [2.24, 2.45) is 0 Å². The van der Waals surface area contributed by atoms with Gasteiger partial charge in [-0.05, 0) is 41.6 Å². The summed E-state index contributed by atoms with van der Waals surface area (Å²) >= 11 is 9.10. The number of hydrogen-bond acceptors (Lipinski definition) is 2. The van der Waals surface area contributed by atoms with Gasteiger partial charge in [-0.1, -0.05) is 6.92 Å². The molecule has 3 nitrogen and oxygen atoms in total. The molecule has 5 heteroatoms. The van der Waals surface area contributed by atoms with Crippen molar-refractivity contribution in [2.45, 2.75) is 39.2 Å². The van der Waals surface area contributed by atoms with Crippen LogP contribution in [0, 0.1) is 11.3 Å². The second kappa shape index (κ2) is 6.93. The van der Waals surface area contributed by atoms with Crippen LogP contribution in [0.1, 0.15) is 37.6 Å². The Hall–Kier alpha value is -0.530. The van der Waals surface area contributed by atoms with Crippen LogP contribution in [0.5, 0.6) is 0 Å². The number of alkyl halides is 1. The Morgan fingerprint density at radius 1 is 1.50 bits per heavy atom. The summed E-state index contributed by atoms with van der Waals surface area (Å²) in [4.78, 5) is 0. The first kappa shape index (κ1) is 13.5. The summed E-state index contributed by atoms with van der Waals surface area (Å²) in [5.74, 6) is 0.685. The molecule has 1 heterocycles. The highest BCUT2D eigenvalue weighted by atomic mass is 79.9. The molecule has 0 spiro atoms. The van der Waals surface area contributed by atoms with E-state index in [1.54, 1.807) is 0 Å². The third kappa shape index (κ3) is 3.23. The van der Waals surface area contributed by atoms with Crippen LogP contribution in [0.4, 0.5) is 0 Å². The molecule has 1 aromatic rings. The summed E-state index contributed by atoms with van der Waals surface area (Å²) in [5.41, 5.74) is 1.60. The molecule has 0 aromatic carbocycles. The molecule has 0 unspecified atom stereocenters. The molecule has 1 aromatic heterocycles.